The Labute approximate surface area is 530 Å². The fraction of sp³-hybridized carbons (Fsp3) is 0.941. The van der Waals surface area contributed by atoms with Crippen molar-refractivity contribution in [3.63, 3.8) is 0 Å². The molecule has 87 heavy (non-hydrogen) atoms. The number of carbonyl (C=O) groups is 4. The van der Waals surface area contributed by atoms with Gasteiger partial charge >= 0.3 is 39.5 Å². The van der Waals surface area contributed by atoms with Crippen molar-refractivity contribution in [3.8, 4) is 0 Å². The fourth-order valence-electron chi connectivity index (χ4n) is 10.1. The average molecular weight is 1280 g/mol. The van der Waals surface area contributed by atoms with Crippen molar-refractivity contribution in [2.75, 3.05) is 39.6 Å². The van der Waals surface area contributed by atoms with Crippen LogP contribution in [-0.2, 0) is 65.4 Å². The van der Waals surface area contributed by atoms with Crippen LogP contribution < -0.4 is 0 Å². The second kappa shape index (κ2) is 57.9. The summed E-state index contributed by atoms with van der Waals surface area (Å²) in [4.78, 5) is 72.4. The van der Waals surface area contributed by atoms with Crippen LogP contribution in [0.2, 0.25) is 0 Å². The van der Waals surface area contributed by atoms with Gasteiger partial charge in [0.25, 0.3) is 0 Å². The molecule has 0 aromatic carbocycles. The third kappa shape index (κ3) is 60.1. The van der Waals surface area contributed by atoms with Gasteiger partial charge in [0.15, 0.2) is 12.2 Å². The smallest absolute Gasteiger partial charge is 0.462 e. The van der Waals surface area contributed by atoms with Crippen LogP contribution in [0.1, 0.15) is 331 Å². The number of phosphoric acid groups is 2. The summed E-state index contributed by atoms with van der Waals surface area (Å²) in [7, 11) is -9.90. The first-order chi connectivity index (χ1) is 41.7. The lowest BCUT2D eigenvalue weighted by molar-refractivity contribution is -0.161. The molecular weight excluding hydrogens is 1150 g/mol. The van der Waals surface area contributed by atoms with Gasteiger partial charge in [0.2, 0.25) is 0 Å². The molecule has 4 unspecified atom stereocenters. The lowest BCUT2D eigenvalue weighted by Gasteiger charge is -2.21. The number of aliphatic hydroxyl groups excluding tert-OH is 1. The van der Waals surface area contributed by atoms with E-state index in [1.165, 1.54) is 122 Å². The molecule has 0 rings (SSSR count). The number of hydrogen-bond acceptors (Lipinski definition) is 15. The van der Waals surface area contributed by atoms with Crippen molar-refractivity contribution in [3.05, 3.63) is 0 Å². The Kier molecular flexibility index (Phi) is 56.6. The maximum Gasteiger partial charge on any atom is 0.472 e. The SMILES string of the molecule is CCC(C)CCCCCCCCC(=O)OC[C@H](COP(=O)(O)OC[C@H](O)COP(=O)(O)OC[C@@H](COC(=O)CCCCCCCCC(C)CC)OC(=O)CCCCCCCCCCCCC(C)C)OC(=O)CCCCCCCCCCCCCC(C)C. The Morgan fingerprint density at radius 2 is 0.552 bits per heavy atom. The fourth-order valence-corrected chi connectivity index (χ4v) is 11.7. The highest BCUT2D eigenvalue weighted by molar-refractivity contribution is 7.47. The van der Waals surface area contributed by atoms with Crippen LogP contribution >= 0.6 is 15.6 Å². The normalized spacial score (nSPS) is 15.0. The molecule has 0 bridgehead atoms. The summed E-state index contributed by atoms with van der Waals surface area (Å²) in [6.07, 6.45) is 38.9. The second-order valence-corrected chi connectivity index (χ2v) is 28.9. The first kappa shape index (κ1) is 85.1. The van der Waals surface area contributed by atoms with E-state index >= 15 is 0 Å². The molecule has 0 aliphatic rings. The van der Waals surface area contributed by atoms with Gasteiger partial charge in [-0.1, -0.05) is 280 Å². The van der Waals surface area contributed by atoms with Gasteiger partial charge in [-0.3, -0.25) is 37.3 Å². The van der Waals surface area contributed by atoms with E-state index in [0.717, 1.165) is 126 Å². The number of carbonyl (C=O) groups excluding carboxylic acids is 4. The van der Waals surface area contributed by atoms with Crippen molar-refractivity contribution in [1.82, 2.24) is 0 Å². The Bertz CT molecular complexity index is 1730. The van der Waals surface area contributed by atoms with E-state index in [1.807, 2.05) is 0 Å². The van der Waals surface area contributed by atoms with Crippen LogP contribution in [0.15, 0.2) is 0 Å². The van der Waals surface area contributed by atoms with Crippen molar-refractivity contribution in [2.24, 2.45) is 23.7 Å². The molecule has 0 saturated carbocycles. The van der Waals surface area contributed by atoms with Gasteiger partial charge in [-0.05, 0) is 49.4 Å². The highest BCUT2D eigenvalue weighted by atomic mass is 31.2. The number of esters is 4. The topological polar surface area (TPSA) is 237 Å². The maximum atomic E-state index is 13.0. The van der Waals surface area contributed by atoms with Crippen LogP contribution in [0.25, 0.3) is 0 Å². The lowest BCUT2D eigenvalue weighted by Crippen LogP contribution is -2.30. The molecule has 0 aromatic heterocycles. The zero-order valence-corrected chi connectivity index (χ0v) is 58.4. The monoisotopic (exact) mass is 1280 g/mol. The maximum absolute atomic E-state index is 13.0. The van der Waals surface area contributed by atoms with Gasteiger partial charge in [-0.25, -0.2) is 9.13 Å². The van der Waals surface area contributed by atoms with Crippen LogP contribution in [0.4, 0.5) is 0 Å². The molecule has 0 spiro atoms. The summed E-state index contributed by atoms with van der Waals surface area (Å²) in [5, 5.41) is 10.6. The van der Waals surface area contributed by atoms with Gasteiger partial charge in [-0.2, -0.15) is 0 Å². The van der Waals surface area contributed by atoms with Crippen molar-refractivity contribution >= 4 is 39.5 Å². The van der Waals surface area contributed by atoms with Crippen LogP contribution in [0.3, 0.4) is 0 Å². The molecule has 0 amide bonds. The van der Waals surface area contributed by atoms with Crippen molar-refractivity contribution < 1.29 is 80.2 Å². The number of unbranched alkanes of at least 4 members (excludes halogenated alkanes) is 29. The lowest BCUT2D eigenvalue weighted by atomic mass is 10.00. The Balaban J connectivity index is 5.27. The van der Waals surface area contributed by atoms with Crippen LogP contribution in [0, 0.1) is 23.7 Å². The minimum absolute atomic E-state index is 0.104. The van der Waals surface area contributed by atoms with E-state index in [1.54, 1.807) is 0 Å². The summed E-state index contributed by atoms with van der Waals surface area (Å²) in [5.74, 6) is 0.845. The summed E-state index contributed by atoms with van der Waals surface area (Å²) in [6, 6.07) is 0. The van der Waals surface area contributed by atoms with E-state index in [4.69, 9.17) is 37.0 Å². The highest BCUT2D eigenvalue weighted by Gasteiger charge is 2.30. The summed E-state index contributed by atoms with van der Waals surface area (Å²) in [6.45, 7) is 14.0. The van der Waals surface area contributed by atoms with E-state index in [2.05, 4.69) is 55.4 Å². The molecule has 0 fully saturated rings. The molecule has 0 aliphatic heterocycles. The quantitative estimate of drug-likeness (QED) is 0.0222. The molecule has 0 saturated heterocycles. The highest BCUT2D eigenvalue weighted by Crippen LogP contribution is 2.45. The molecule has 17 nitrogen and oxygen atoms in total. The number of phosphoric ester groups is 2. The average Bonchev–Trinajstić information content (AvgIpc) is 3.64. The first-order valence-electron chi connectivity index (χ1n) is 35.3. The third-order valence-electron chi connectivity index (χ3n) is 16.3. The largest absolute Gasteiger partial charge is 0.472 e. The van der Waals surface area contributed by atoms with Crippen LogP contribution in [0.5, 0.6) is 0 Å². The molecular formula is C68H132O17P2. The predicted octanol–water partition coefficient (Wildman–Crippen LogP) is 18.9. The first-order valence-corrected chi connectivity index (χ1v) is 38.3. The molecule has 0 aromatic rings. The number of ether oxygens (including phenoxy) is 4. The Hall–Kier alpha value is -1.94. The molecule has 0 heterocycles. The van der Waals surface area contributed by atoms with Crippen molar-refractivity contribution in [1.29, 1.82) is 0 Å². The number of hydrogen-bond donors (Lipinski definition) is 3. The minimum atomic E-state index is -4.95. The molecule has 0 aliphatic carbocycles. The van der Waals surface area contributed by atoms with Crippen molar-refractivity contribution in [2.45, 2.75) is 350 Å². The van der Waals surface area contributed by atoms with Gasteiger partial charge in [0.05, 0.1) is 26.4 Å². The summed E-state index contributed by atoms with van der Waals surface area (Å²) < 4.78 is 68.2. The molecule has 19 heteroatoms. The summed E-state index contributed by atoms with van der Waals surface area (Å²) >= 11 is 0. The molecule has 7 atom stereocenters. The zero-order valence-electron chi connectivity index (χ0n) is 56.6. The van der Waals surface area contributed by atoms with E-state index in [-0.39, 0.29) is 25.7 Å². The summed E-state index contributed by atoms with van der Waals surface area (Å²) in [5.41, 5.74) is 0. The van der Waals surface area contributed by atoms with E-state index < -0.39 is 97.5 Å². The predicted molar refractivity (Wildman–Crippen MR) is 349 cm³/mol. The van der Waals surface area contributed by atoms with Gasteiger partial charge in [0, 0.05) is 25.7 Å². The standard InChI is InChI=1S/C68H132O17P2/c1-9-60(7)46-38-30-24-26-32-40-48-65(70)78-54-63(84-67(72)50-42-34-22-18-13-11-12-16-20-28-36-44-58(3)4)56-82-86(74,75)80-52-62(69)53-81-87(76,77)83-57-64(55-79-66(71)49-41-33-27-25-31-39-47-61(8)10-2)85-68(73)51-43-35-23-19-15-14-17-21-29-37-45-59(5)6/h58-64,69H,9-57H2,1-8H3,(H,74,75)(H,76,77)/t60?,61?,62-,63+,64+/m0/s1. The third-order valence-corrected chi connectivity index (χ3v) is 18.2. The van der Waals surface area contributed by atoms with E-state index in [9.17, 15) is 43.2 Å². The van der Waals surface area contributed by atoms with Crippen LogP contribution in [-0.4, -0.2) is 96.7 Å². The second-order valence-electron chi connectivity index (χ2n) is 26.0. The number of rotatable bonds is 65. The number of aliphatic hydroxyl groups is 1. The van der Waals surface area contributed by atoms with Gasteiger partial charge in [0.1, 0.15) is 19.3 Å². The van der Waals surface area contributed by atoms with E-state index in [0.29, 0.717) is 25.7 Å². The van der Waals surface area contributed by atoms with Gasteiger partial charge < -0.3 is 33.8 Å². The Morgan fingerprint density at radius 1 is 0.322 bits per heavy atom. The molecule has 3 N–H and O–H groups in total. The zero-order chi connectivity index (χ0) is 64.7. The molecule has 0 radical (unpaired) electrons. The minimum Gasteiger partial charge on any atom is -0.462 e. The Morgan fingerprint density at radius 3 is 0.816 bits per heavy atom. The molecule has 516 valence electrons. The van der Waals surface area contributed by atoms with Gasteiger partial charge in [-0.15, -0.1) is 0 Å².